The second kappa shape index (κ2) is 4.16. The predicted octanol–water partition coefficient (Wildman–Crippen LogP) is 1.91. The summed E-state index contributed by atoms with van der Waals surface area (Å²) in [5.41, 5.74) is 0.386. The van der Waals surface area contributed by atoms with Crippen LogP contribution in [0, 0.1) is 11.7 Å². The van der Waals surface area contributed by atoms with E-state index >= 15 is 0 Å². The number of nitrogens with zero attached hydrogens (tertiary/aromatic N) is 1. The van der Waals surface area contributed by atoms with E-state index in [1.807, 2.05) is 13.8 Å². The van der Waals surface area contributed by atoms with Crippen molar-refractivity contribution in [2.45, 2.75) is 19.9 Å². The lowest BCUT2D eigenvalue weighted by Gasteiger charge is -2.14. The second-order valence-corrected chi connectivity index (χ2v) is 4.32. The lowest BCUT2D eigenvalue weighted by atomic mass is 10.0. The van der Waals surface area contributed by atoms with Crippen LogP contribution >= 0.6 is 0 Å². The van der Waals surface area contributed by atoms with Crippen LogP contribution in [0.15, 0.2) is 24.3 Å². The Morgan fingerprint density at radius 1 is 1.24 bits per heavy atom. The van der Waals surface area contributed by atoms with Crippen molar-refractivity contribution < 1.29 is 14.0 Å². The summed E-state index contributed by atoms with van der Waals surface area (Å²) in [7, 11) is 0. The highest BCUT2D eigenvalue weighted by molar-refractivity contribution is 6.21. The van der Waals surface area contributed by atoms with E-state index < -0.39 is 17.9 Å². The van der Waals surface area contributed by atoms with Crippen molar-refractivity contribution in [1.82, 2.24) is 5.32 Å². The molecule has 1 aliphatic rings. The normalized spacial score (nSPS) is 20.0. The Balaban J connectivity index is 2.30. The zero-order valence-corrected chi connectivity index (χ0v) is 9.61. The molecule has 1 saturated heterocycles. The summed E-state index contributed by atoms with van der Waals surface area (Å²) in [6.45, 7) is 3.72. The van der Waals surface area contributed by atoms with Gasteiger partial charge in [0.25, 0.3) is 5.91 Å². The van der Waals surface area contributed by atoms with E-state index in [1.165, 1.54) is 24.3 Å². The van der Waals surface area contributed by atoms with E-state index in [-0.39, 0.29) is 11.8 Å². The van der Waals surface area contributed by atoms with Crippen molar-refractivity contribution in [3.8, 4) is 0 Å². The average molecular weight is 236 g/mol. The maximum Gasteiger partial charge on any atom is 0.329 e. The Bertz CT molecular complexity index is 456. The Kier molecular flexibility index (Phi) is 2.83. The Labute approximate surface area is 98.4 Å². The minimum atomic E-state index is -0.507. The van der Waals surface area contributed by atoms with Gasteiger partial charge in [0, 0.05) is 0 Å². The third-order valence-corrected chi connectivity index (χ3v) is 2.72. The van der Waals surface area contributed by atoms with Crippen LogP contribution in [0.4, 0.5) is 14.9 Å². The maximum atomic E-state index is 12.8. The van der Waals surface area contributed by atoms with Gasteiger partial charge >= 0.3 is 6.03 Å². The topological polar surface area (TPSA) is 49.4 Å². The lowest BCUT2D eigenvalue weighted by Crippen LogP contribution is -2.34. The summed E-state index contributed by atoms with van der Waals surface area (Å²) in [5.74, 6) is -0.672. The average Bonchev–Trinajstić information content (AvgIpc) is 2.56. The molecule has 0 aromatic heterocycles. The number of carbonyl (C=O) groups excluding carboxylic acids is 2. The Hall–Kier alpha value is -1.91. The van der Waals surface area contributed by atoms with Gasteiger partial charge in [-0.2, -0.15) is 0 Å². The SMILES string of the molecule is CC(C)C1NC(=O)N(c2ccc(F)cc2)C1=O. The van der Waals surface area contributed by atoms with Gasteiger partial charge in [0.05, 0.1) is 5.69 Å². The minimum absolute atomic E-state index is 0.0249. The van der Waals surface area contributed by atoms with Gasteiger partial charge in [0.2, 0.25) is 0 Å². The number of nitrogens with one attached hydrogen (secondary N) is 1. The fourth-order valence-corrected chi connectivity index (χ4v) is 1.78. The number of amides is 3. The van der Waals surface area contributed by atoms with E-state index in [9.17, 15) is 14.0 Å². The van der Waals surface area contributed by atoms with Gasteiger partial charge in [-0.15, -0.1) is 0 Å². The third-order valence-electron chi connectivity index (χ3n) is 2.72. The molecule has 1 fully saturated rings. The molecule has 3 amide bonds. The fraction of sp³-hybridized carbons (Fsp3) is 0.333. The predicted molar refractivity (Wildman–Crippen MR) is 61.0 cm³/mol. The second-order valence-electron chi connectivity index (χ2n) is 4.32. The molecule has 1 heterocycles. The van der Waals surface area contributed by atoms with Crippen LogP contribution in [0.25, 0.3) is 0 Å². The van der Waals surface area contributed by atoms with E-state index in [0.717, 1.165) is 4.90 Å². The number of carbonyl (C=O) groups is 2. The first-order valence-electron chi connectivity index (χ1n) is 5.40. The molecule has 90 valence electrons. The maximum absolute atomic E-state index is 12.8. The fourth-order valence-electron chi connectivity index (χ4n) is 1.78. The number of anilines is 1. The highest BCUT2D eigenvalue weighted by Gasteiger charge is 2.40. The molecule has 17 heavy (non-hydrogen) atoms. The van der Waals surface area contributed by atoms with Crippen LogP contribution in [0.1, 0.15) is 13.8 Å². The number of benzene rings is 1. The molecule has 0 bridgehead atoms. The molecule has 5 heteroatoms. The van der Waals surface area contributed by atoms with Crippen molar-refractivity contribution >= 4 is 17.6 Å². The molecule has 1 aromatic rings. The zero-order valence-electron chi connectivity index (χ0n) is 9.61. The highest BCUT2D eigenvalue weighted by atomic mass is 19.1. The summed E-state index contributed by atoms with van der Waals surface area (Å²) in [6, 6.07) is 4.30. The van der Waals surface area contributed by atoms with Gasteiger partial charge in [-0.25, -0.2) is 14.1 Å². The quantitative estimate of drug-likeness (QED) is 0.797. The van der Waals surface area contributed by atoms with Crippen molar-refractivity contribution in [3.63, 3.8) is 0 Å². The van der Waals surface area contributed by atoms with Crippen LogP contribution in [-0.4, -0.2) is 18.0 Å². The molecule has 1 atom stereocenters. The number of hydrogen-bond donors (Lipinski definition) is 1. The van der Waals surface area contributed by atoms with E-state index in [0.29, 0.717) is 5.69 Å². The molecule has 1 unspecified atom stereocenters. The van der Waals surface area contributed by atoms with Crippen molar-refractivity contribution in [2.24, 2.45) is 5.92 Å². The van der Waals surface area contributed by atoms with Crippen molar-refractivity contribution in [2.75, 3.05) is 4.90 Å². The molecule has 0 saturated carbocycles. The van der Waals surface area contributed by atoms with E-state index in [1.54, 1.807) is 0 Å². The summed E-state index contributed by atoms with van der Waals surface area (Å²) < 4.78 is 12.8. The molecule has 0 aliphatic carbocycles. The first-order valence-corrected chi connectivity index (χ1v) is 5.40. The van der Waals surface area contributed by atoms with Crippen LogP contribution in [-0.2, 0) is 4.79 Å². The number of rotatable bonds is 2. The lowest BCUT2D eigenvalue weighted by molar-refractivity contribution is -0.119. The largest absolute Gasteiger partial charge is 0.329 e. The highest BCUT2D eigenvalue weighted by Crippen LogP contribution is 2.22. The molecule has 4 nitrogen and oxygen atoms in total. The summed E-state index contributed by atoms with van der Waals surface area (Å²) in [4.78, 5) is 24.7. The molecule has 2 rings (SSSR count). The first-order chi connectivity index (χ1) is 8.00. The van der Waals surface area contributed by atoms with Gasteiger partial charge in [-0.3, -0.25) is 4.79 Å². The van der Waals surface area contributed by atoms with Crippen LogP contribution < -0.4 is 10.2 Å². The molecule has 0 spiro atoms. The zero-order chi connectivity index (χ0) is 12.6. The van der Waals surface area contributed by atoms with E-state index in [2.05, 4.69) is 5.32 Å². The standard InChI is InChI=1S/C12H13FN2O2/c1-7(2)10-11(16)15(12(17)14-10)9-5-3-8(13)4-6-9/h3-7,10H,1-2H3,(H,14,17). The first kappa shape index (κ1) is 11.6. The third kappa shape index (κ3) is 2.00. The van der Waals surface area contributed by atoms with Gasteiger partial charge in [0.15, 0.2) is 0 Å². The van der Waals surface area contributed by atoms with Crippen LogP contribution in [0.5, 0.6) is 0 Å². The number of hydrogen-bond acceptors (Lipinski definition) is 2. The molecule has 1 aromatic carbocycles. The monoisotopic (exact) mass is 236 g/mol. The number of imide groups is 1. The molecular formula is C12H13FN2O2. The number of halogens is 1. The van der Waals surface area contributed by atoms with Gasteiger partial charge in [0.1, 0.15) is 11.9 Å². The van der Waals surface area contributed by atoms with Crippen molar-refractivity contribution in [3.05, 3.63) is 30.1 Å². The molecule has 1 aliphatic heterocycles. The minimum Gasteiger partial charge on any atom is -0.325 e. The van der Waals surface area contributed by atoms with Crippen LogP contribution in [0.3, 0.4) is 0 Å². The Morgan fingerprint density at radius 2 is 1.82 bits per heavy atom. The summed E-state index contributed by atoms with van der Waals surface area (Å²) in [5, 5.41) is 2.61. The van der Waals surface area contributed by atoms with Gasteiger partial charge < -0.3 is 5.32 Å². The Morgan fingerprint density at radius 3 is 2.29 bits per heavy atom. The smallest absolute Gasteiger partial charge is 0.325 e. The molecular weight excluding hydrogens is 223 g/mol. The summed E-state index contributed by atoms with van der Waals surface area (Å²) >= 11 is 0. The van der Waals surface area contributed by atoms with Gasteiger partial charge in [-0.05, 0) is 30.2 Å². The molecule has 0 radical (unpaired) electrons. The van der Waals surface area contributed by atoms with E-state index in [4.69, 9.17) is 0 Å². The van der Waals surface area contributed by atoms with Crippen molar-refractivity contribution in [1.29, 1.82) is 0 Å². The summed E-state index contributed by atoms with van der Waals surface area (Å²) in [6.07, 6.45) is 0. The molecule has 1 N–H and O–H groups in total. The number of urea groups is 1. The van der Waals surface area contributed by atoms with Gasteiger partial charge in [-0.1, -0.05) is 13.8 Å². The van der Waals surface area contributed by atoms with Crippen LogP contribution in [0.2, 0.25) is 0 Å².